The molecule has 80 valence electrons. The first-order valence-electron chi connectivity index (χ1n) is 4.65. The molecule has 1 nitrogen and oxygen atoms in total. The highest BCUT2D eigenvalue weighted by Gasteiger charge is 2.39. The Morgan fingerprint density at radius 3 is 2.60 bits per heavy atom. The van der Waals surface area contributed by atoms with Crippen LogP contribution >= 0.6 is 0 Å². The van der Waals surface area contributed by atoms with Crippen LogP contribution in [0.5, 0.6) is 0 Å². The van der Waals surface area contributed by atoms with Gasteiger partial charge in [-0.25, -0.2) is 0 Å². The molecule has 1 aliphatic rings. The highest BCUT2D eigenvalue weighted by Crippen LogP contribution is 2.46. The standard InChI is InChI=1S/C11H9F3O/c12-11(13,14)9-3-1-2-7(4-9)10-5-8(10)6-15/h1-4,6,8,10H,5H2. The summed E-state index contributed by atoms with van der Waals surface area (Å²) in [4.78, 5) is 10.4. The SMILES string of the molecule is O=CC1CC1c1cccc(C(F)(F)F)c1. The van der Waals surface area contributed by atoms with Crippen LogP contribution in [0.2, 0.25) is 0 Å². The van der Waals surface area contributed by atoms with Crippen molar-refractivity contribution in [3.63, 3.8) is 0 Å². The number of carbonyl (C=O) groups excluding carboxylic acids is 1. The Morgan fingerprint density at radius 2 is 2.07 bits per heavy atom. The van der Waals surface area contributed by atoms with Crippen molar-refractivity contribution in [3.05, 3.63) is 35.4 Å². The van der Waals surface area contributed by atoms with Gasteiger partial charge in [-0.3, -0.25) is 0 Å². The molecule has 1 saturated carbocycles. The summed E-state index contributed by atoms with van der Waals surface area (Å²) in [6, 6.07) is 5.21. The number of hydrogen-bond acceptors (Lipinski definition) is 1. The van der Waals surface area contributed by atoms with Gasteiger partial charge in [-0.15, -0.1) is 0 Å². The predicted octanol–water partition coefficient (Wildman–Crippen LogP) is 3.01. The van der Waals surface area contributed by atoms with E-state index in [0.29, 0.717) is 12.0 Å². The third-order valence-electron chi connectivity index (χ3n) is 2.66. The molecule has 0 bridgehead atoms. The van der Waals surface area contributed by atoms with E-state index in [9.17, 15) is 18.0 Å². The van der Waals surface area contributed by atoms with Gasteiger partial charge in [0.25, 0.3) is 0 Å². The second kappa shape index (κ2) is 3.36. The van der Waals surface area contributed by atoms with Crippen molar-refractivity contribution in [2.45, 2.75) is 18.5 Å². The molecule has 1 aromatic carbocycles. The summed E-state index contributed by atoms with van der Waals surface area (Å²) in [5, 5.41) is 0. The molecule has 4 heteroatoms. The van der Waals surface area contributed by atoms with Crippen molar-refractivity contribution >= 4 is 6.29 Å². The predicted molar refractivity (Wildman–Crippen MR) is 48.4 cm³/mol. The summed E-state index contributed by atoms with van der Waals surface area (Å²) in [6.07, 6.45) is -2.82. The van der Waals surface area contributed by atoms with Crippen molar-refractivity contribution in [1.29, 1.82) is 0 Å². The molecule has 2 atom stereocenters. The van der Waals surface area contributed by atoms with E-state index in [1.807, 2.05) is 0 Å². The van der Waals surface area contributed by atoms with E-state index >= 15 is 0 Å². The molecule has 0 N–H and O–H groups in total. The van der Waals surface area contributed by atoms with Crippen molar-refractivity contribution < 1.29 is 18.0 Å². The molecule has 0 heterocycles. The van der Waals surface area contributed by atoms with Gasteiger partial charge in [0.15, 0.2) is 0 Å². The number of benzene rings is 1. The third-order valence-corrected chi connectivity index (χ3v) is 2.66. The molecule has 0 aromatic heterocycles. The monoisotopic (exact) mass is 214 g/mol. The topological polar surface area (TPSA) is 17.1 Å². The number of carbonyl (C=O) groups is 1. The molecule has 0 radical (unpaired) electrons. The average molecular weight is 214 g/mol. The number of alkyl halides is 3. The molecule has 0 amide bonds. The molecule has 1 fully saturated rings. The zero-order chi connectivity index (χ0) is 11.1. The normalized spacial score (nSPS) is 25.0. The lowest BCUT2D eigenvalue weighted by Gasteiger charge is -2.07. The minimum Gasteiger partial charge on any atom is -0.303 e. The molecule has 0 spiro atoms. The molecule has 0 saturated heterocycles. The molecule has 2 rings (SSSR count). The molecular formula is C11H9F3O. The number of rotatable bonds is 2. The average Bonchev–Trinajstić information content (AvgIpc) is 2.95. The fourth-order valence-electron chi connectivity index (χ4n) is 1.69. The van der Waals surface area contributed by atoms with Gasteiger partial charge < -0.3 is 4.79 Å². The van der Waals surface area contributed by atoms with E-state index < -0.39 is 11.7 Å². The molecule has 1 aliphatic carbocycles. The lowest BCUT2D eigenvalue weighted by molar-refractivity contribution is -0.137. The summed E-state index contributed by atoms with van der Waals surface area (Å²) in [6.45, 7) is 0. The van der Waals surface area contributed by atoms with E-state index in [-0.39, 0.29) is 11.8 Å². The Bertz CT molecular complexity index is 384. The summed E-state index contributed by atoms with van der Waals surface area (Å²) in [7, 11) is 0. The van der Waals surface area contributed by atoms with Crippen LogP contribution in [0.25, 0.3) is 0 Å². The second-order valence-electron chi connectivity index (χ2n) is 3.77. The van der Waals surface area contributed by atoms with Crippen molar-refractivity contribution in [3.8, 4) is 0 Å². The minimum atomic E-state index is -4.30. The van der Waals surface area contributed by atoms with Gasteiger partial charge >= 0.3 is 6.18 Å². The lowest BCUT2D eigenvalue weighted by Crippen LogP contribution is -2.05. The van der Waals surface area contributed by atoms with Crippen LogP contribution in [0, 0.1) is 5.92 Å². The third kappa shape index (κ3) is 2.03. The van der Waals surface area contributed by atoms with E-state index in [1.165, 1.54) is 6.07 Å². The summed E-state index contributed by atoms with van der Waals surface area (Å²) in [5.74, 6) is -0.0988. The van der Waals surface area contributed by atoms with Crippen molar-refractivity contribution in [2.24, 2.45) is 5.92 Å². The first-order chi connectivity index (χ1) is 7.02. The van der Waals surface area contributed by atoms with Gasteiger partial charge in [0.1, 0.15) is 6.29 Å². The Kier molecular flexibility index (Phi) is 2.29. The van der Waals surface area contributed by atoms with Gasteiger partial charge in [-0.05, 0) is 24.0 Å². The van der Waals surface area contributed by atoms with Gasteiger partial charge in [-0.1, -0.05) is 18.2 Å². The van der Waals surface area contributed by atoms with E-state index in [0.717, 1.165) is 18.4 Å². The molecule has 15 heavy (non-hydrogen) atoms. The zero-order valence-corrected chi connectivity index (χ0v) is 7.79. The zero-order valence-electron chi connectivity index (χ0n) is 7.79. The maximum absolute atomic E-state index is 12.4. The smallest absolute Gasteiger partial charge is 0.303 e. The van der Waals surface area contributed by atoms with Crippen LogP contribution in [0.15, 0.2) is 24.3 Å². The highest BCUT2D eigenvalue weighted by atomic mass is 19.4. The maximum atomic E-state index is 12.4. The first kappa shape index (κ1) is 10.2. The van der Waals surface area contributed by atoms with Crippen LogP contribution < -0.4 is 0 Å². The molecular weight excluding hydrogens is 205 g/mol. The fraction of sp³-hybridized carbons (Fsp3) is 0.364. The number of aldehydes is 1. The van der Waals surface area contributed by atoms with Crippen LogP contribution in [-0.2, 0) is 11.0 Å². The molecule has 0 aliphatic heterocycles. The van der Waals surface area contributed by atoms with Crippen LogP contribution in [0.3, 0.4) is 0 Å². The highest BCUT2D eigenvalue weighted by molar-refractivity contribution is 5.61. The summed E-state index contributed by atoms with van der Waals surface area (Å²) in [5.41, 5.74) is -0.0292. The Balaban J connectivity index is 2.24. The van der Waals surface area contributed by atoms with Crippen molar-refractivity contribution in [2.75, 3.05) is 0 Å². The quantitative estimate of drug-likeness (QED) is 0.691. The first-order valence-corrected chi connectivity index (χ1v) is 4.65. The maximum Gasteiger partial charge on any atom is 0.416 e. The van der Waals surface area contributed by atoms with E-state index in [2.05, 4.69) is 0 Å². The van der Waals surface area contributed by atoms with Crippen molar-refractivity contribution in [1.82, 2.24) is 0 Å². The molecule has 1 aromatic rings. The van der Waals surface area contributed by atoms with Crippen LogP contribution in [-0.4, -0.2) is 6.29 Å². The van der Waals surface area contributed by atoms with E-state index in [4.69, 9.17) is 0 Å². The van der Waals surface area contributed by atoms with Crippen LogP contribution in [0.4, 0.5) is 13.2 Å². The molecule has 2 unspecified atom stereocenters. The van der Waals surface area contributed by atoms with Gasteiger partial charge in [0.05, 0.1) is 5.56 Å². The van der Waals surface area contributed by atoms with Crippen LogP contribution in [0.1, 0.15) is 23.5 Å². The van der Waals surface area contributed by atoms with Gasteiger partial charge in [-0.2, -0.15) is 13.2 Å². The Morgan fingerprint density at radius 1 is 1.33 bits per heavy atom. The summed E-state index contributed by atoms with van der Waals surface area (Å²) >= 11 is 0. The van der Waals surface area contributed by atoms with Gasteiger partial charge in [0, 0.05) is 5.92 Å². The van der Waals surface area contributed by atoms with Gasteiger partial charge in [0.2, 0.25) is 0 Å². The number of halogens is 3. The Hall–Kier alpha value is -1.32. The minimum absolute atomic E-state index is 0.00944. The largest absolute Gasteiger partial charge is 0.416 e. The van der Waals surface area contributed by atoms with E-state index in [1.54, 1.807) is 6.07 Å². The lowest BCUT2D eigenvalue weighted by atomic mass is 10.1. The number of hydrogen-bond donors (Lipinski definition) is 0. The summed E-state index contributed by atoms with van der Waals surface area (Å²) < 4.78 is 37.1. The Labute approximate surface area is 84.9 Å². The second-order valence-corrected chi connectivity index (χ2v) is 3.77. The fourth-order valence-corrected chi connectivity index (χ4v) is 1.69.